The van der Waals surface area contributed by atoms with Gasteiger partial charge in [-0.25, -0.2) is 4.98 Å². The second-order valence-electron chi connectivity index (χ2n) is 8.25. The maximum Gasteiger partial charge on any atom is 0.0709 e. The predicted octanol–water partition coefficient (Wildman–Crippen LogP) is 6.22. The van der Waals surface area contributed by atoms with Crippen molar-refractivity contribution >= 4 is 21.8 Å². The van der Waals surface area contributed by atoms with Gasteiger partial charge in [0.05, 0.1) is 11.0 Å². The molecule has 1 nitrogen and oxygen atoms in total. The van der Waals surface area contributed by atoms with Crippen LogP contribution in [0.15, 0.2) is 54.6 Å². The van der Waals surface area contributed by atoms with E-state index >= 15 is 0 Å². The fourth-order valence-electron chi connectivity index (χ4n) is 5.70. The third-order valence-electron chi connectivity index (χ3n) is 6.43. The highest BCUT2D eigenvalue weighted by Gasteiger charge is 2.41. The van der Waals surface area contributed by atoms with Gasteiger partial charge in [0.15, 0.2) is 0 Å². The normalized spacial score (nSPS) is 30.3. The average Bonchev–Trinajstić information content (AvgIpc) is 2.59. The molecule has 2 aromatic carbocycles. The number of pyridine rings is 1. The fraction of sp³-hybridized carbons (Fsp3) is 0.435. The molecule has 4 saturated carbocycles. The second-order valence-corrected chi connectivity index (χ2v) is 8.25. The van der Waals surface area contributed by atoms with Crippen LogP contribution in [-0.2, 0) is 0 Å². The average molecular weight is 315 g/mol. The van der Waals surface area contributed by atoms with E-state index in [1.165, 1.54) is 34.4 Å². The largest absolute Gasteiger partial charge is 0.248 e. The molecule has 0 saturated heterocycles. The van der Waals surface area contributed by atoms with Gasteiger partial charge in [0.1, 0.15) is 0 Å². The van der Waals surface area contributed by atoms with E-state index in [2.05, 4.69) is 23.2 Å². The molecule has 3 aromatic rings. The first kappa shape index (κ1) is 14.5. The summed E-state index contributed by atoms with van der Waals surface area (Å²) in [5.74, 6) is 4.71. The quantitative estimate of drug-likeness (QED) is 0.449. The first-order valence-corrected chi connectivity index (χ1v) is 9.58. The number of hydrogen-bond donors (Lipinski definition) is 0. The third-order valence-corrected chi connectivity index (χ3v) is 6.43. The Balaban J connectivity index is 0.000000115. The lowest BCUT2D eigenvalue weighted by Crippen LogP contribution is -2.38. The van der Waals surface area contributed by atoms with Crippen LogP contribution in [0.4, 0.5) is 0 Å². The molecule has 24 heavy (non-hydrogen) atoms. The van der Waals surface area contributed by atoms with Crippen LogP contribution in [0.1, 0.15) is 38.5 Å². The molecule has 0 aliphatic heterocycles. The van der Waals surface area contributed by atoms with E-state index in [0.717, 1.165) is 11.0 Å². The van der Waals surface area contributed by atoms with Crippen LogP contribution in [0, 0.1) is 23.7 Å². The van der Waals surface area contributed by atoms with E-state index in [0.29, 0.717) is 0 Å². The lowest BCUT2D eigenvalue weighted by molar-refractivity contribution is 0.0198. The first-order valence-electron chi connectivity index (χ1n) is 9.58. The molecular weight excluding hydrogens is 290 g/mol. The first-order chi connectivity index (χ1) is 11.8. The molecule has 0 amide bonds. The van der Waals surface area contributed by atoms with Gasteiger partial charge >= 0.3 is 0 Å². The van der Waals surface area contributed by atoms with Crippen LogP contribution in [0.3, 0.4) is 0 Å². The standard InChI is InChI=1S/C13H9N.C10H16/c1-3-7-12-10(5-1)9-11-6-2-4-8-13(11)14-12;1-7-2-9-4-8(1)5-10(3-7)6-9/h1-9H;7-10H,1-6H2. The van der Waals surface area contributed by atoms with Crippen LogP contribution in [0.5, 0.6) is 0 Å². The molecule has 4 bridgehead atoms. The molecule has 4 fully saturated rings. The molecule has 4 aliphatic carbocycles. The maximum atomic E-state index is 4.58. The van der Waals surface area contributed by atoms with Crippen molar-refractivity contribution in [1.82, 2.24) is 4.98 Å². The Hall–Kier alpha value is -1.89. The predicted molar refractivity (Wildman–Crippen MR) is 101 cm³/mol. The highest BCUT2D eigenvalue weighted by molar-refractivity contribution is 5.92. The van der Waals surface area contributed by atoms with Crippen LogP contribution < -0.4 is 0 Å². The molecular formula is C23H25N. The number of para-hydroxylation sites is 2. The van der Waals surface area contributed by atoms with Gasteiger partial charge in [0, 0.05) is 10.8 Å². The van der Waals surface area contributed by atoms with Crippen molar-refractivity contribution in [3.63, 3.8) is 0 Å². The molecule has 0 N–H and O–H groups in total. The topological polar surface area (TPSA) is 12.9 Å². The Morgan fingerprint density at radius 3 is 1.33 bits per heavy atom. The Bertz CT molecular complexity index is 704. The number of benzene rings is 2. The summed E-state index contributed by atoms with van der Waals surface area (Å²) in [4.78, 5) is 4.58. The number of nitrogens with zero attached hydrogens (tertiary/aromatic N) is 1. The minimum absolute atomic E-state index is 1.06. The van der Waals surface area contributed by atoms with E-state index < -0.39 is 0 Å². The summed E-state index contributed by atoms with van der Waals surface area (Å²) in [6.45, 7) is 0. The highest BCUT2D eigenvalue weighted by atomic mass is 14.7. The maximum absolute atomic E-state index is 4.58. The molecule has 7 rings (SSSR count). The van der Waals surface area contributed by atoms with Crippen molar-refractivity contribution in [2.45, 2.75) is 38.5 Å². The van der Waals surface area contributed by atoms with Crippen LogP contribution in [0.2, 0.25) is 0 Å². The molecule has 122 valence electrons. The van der Waals surface area contributed by atoms with Crippen molar-refractivity contribution in [2.24, 2.45) is 23.7 Å². The van der Waals surface area contributed by atoms with Crippen molar-refractivity contribution in [1.29, 1.82) is 0 Å². The summed E-state index contributed by atoms with van der Waals surface area (Å²) >= 11 is 0. The van der Waals surface area contributed by atoms with Gasteiger partial charge in [-0.1, -0.05) is 36.4 Å². The Morgan fingerprint density at radius 2 is 0.917 bits per heavy atom. The van der Waals surface area contributed by atoms with E-state index in [9.17, 15) is 0 Å². The molecule has 4 aliphatic rings. The summed E-state index contributed by atoms with van der Waals surface area (Å²) in [5.41, 5.74) is 2.12. The minimum atomic E-state index is 1.06. The SMILES string of the molecule is C1C2CC3CC1CC(C2)C3.c1ccc2nc3ccccc3cc2c1. The number of hydrogen-bond acceptors (Lipinski definition) is 1. The number of aromatic nitrogens is 1. The van der Waals surface area contributed by atoms with Gasteiger partial charge in [0.25, 0.3) is 0 Å². The molecule has 1 aromatic heterocycles. The lowest BCUT2D eigenvalue weighted by Gasteiger charge is -2.49. The van der Waals surface area contributed by atoms with Crippen LogP contribution in [0.25, 0.3) is 21.8 Å². The Kier molecular flexibility index (Phi) is 3.54. The summed E-state index contributed by atoms with van der Waals surface area (Å²) in [7, 11) is 0. The van der Waals surface area contributed by atoms with Gasteiger partial charge in [-0.05, 0) is 80.4 Å². The summed E-state index contributed by atoms with van der Waals surface area (Å²) in [6, 6.07) is 18.6. The molecule has 1 heterocycles. The molecule has 1 heteroatoms. The number of rotatable bonds is 0. The van der Waals surface area contributed by atoms with Crippen molar-refractivity contribution in [2.75, 3.05) is 0 Å². The Labute approximate surface area is 144 Å². The number of fused-ring (bicyclic) bond motifs is 2. The van der Waals surface area contributed by atoms with E-state index in [4.69, 9.17) is 0 Å². The highest BCUT2D eigenvalue weighted by Crippen LogP contribution is 2.53. The zero-order chi connectivity index (χ0) is 15.9. The third kappa shape index (κ3) is 2.70. The molecule has 0 spiro atoms. The molecule has 0 radical (unpaired) electrons. The van der Waals surface area contributed by atoms with Gasteiger partial charge < -0.3 is 0 Å². The minimum Gasteiger partial charge on any atom is -0.248 e. The van der Waals surface area contributed by atoms with E-state index in [1.54, 1.807) is 38.5 Å². The monoisotopic (exact) mass is 315 g/mol. The van der Waals surface area contributed by atoms with Crippen molar-refractivity contribution in [3.05, 3.63) is 54.6 Å². The zero-order valence-corrected chi connectivity index (χ0v) is 14.2. The molecule has 0 unspecified atom stereocenters. The van der Waals surface area contributed by atoms with Gasteiger partial charge in [-0.3, -0.25) is 0 Å². The smallest absolute Gasteiger partial charge is 0.0709 e. The van der Waals surface area contributed by atoms with E-state index in [-0.39, 0.29) is 0 Å². The summed E-state index contributed by atoms with van der Waals surface area (Å²) < 4.78 is 0. The van der Waals surface area contributed by atoms with Gasteiger partial charge in [-0.15, -0.1) is 0 Å². The van der Waals surface area contributed by atoms with Gasteiger partial charge in [0.2, 0.25) is 0 Å². The van der Waals surface area contributed by atoms with Crippen LogP contribution in [-0.4, -0.2) is 4.98 Å². The summed E-state index contributed by atoms with van der Waals surface area (Å²) in [5, 5.41) is 2.40. The summed E-state index contributed by atoms with van der Waals surface area (Å²) in [6.07, 6.45) is 9.62. The van der Waals surface area contributed by atoms with Crippen LogP contribution >= 0.6 is 0 Å². The molecule has 0 atom stereocenters. The second kappa shape index (κ2) is 5.88. The van der Waals surface area contributed by atoms with Crippen molar-refractivity contribution < 1.29 is 0 Å². The fourth-order valence-corrected chi connectivity index (χ4v) is 5.70. The van der Waals surface area contributed by atoms with E-state index in [1.807, 2.05) is 36.4 Å². The zero-order valence-electron chi connectivity index (χ0n) is 14.2. The Morgan fingerprint density at radius 1 is 0.542 bits per heavy atom. The lowest BCUT2D eigenvalue weighted by atomic mass is 9.56. The van der Waals surface area contributed by atoms with Gasteiger partial charge in [-0.2, -0.15) is 0 Å². The van der Waals surface area contributed by atoms with Crippen molar-refractivity contribution in [3.8, 4) is 0 Å².